The third-order valence-corrected chi connectivity index (χ3v) is 10.8. The van der Waals surface area contributed by atoms with Gasteiger partial charge < -0.3 is 24.4 Å². The predicted octanol–water partition coefficient (Wildman–Crippen LogP) is 6.11. The van der Waals surface area contributed by atoms with Crippen LogP contribution in [0.3, 0.4) is 0 Å². The number of methoxy groups -OCH3 is 1. The summed E-state index contributed by atoms with van der Waals surface area (Å²) in [5, 5.41) is 28.5. The summed E-state index contributed by atoms with van der Waals surface area (Å²) in [5.74, 6) is 2.74. The Morgan fingerprint density at radius 2 is 1.42 bits per heavy atom. The Morgan fingerprint density at radius 3 is 1.68 bits per heavy atom. The van der Waals surface area contributed by atoms with Crippen LogP contribution in [-0.2, 0) is 0 Å². The number of rotatable bonds is 7. The quantitative estimate of drug-likeness (QED) is 0.337. The summed E-state index contributed by atoms with van der Waals surface area (Å²) < 4.78 is 16.4. The number of aryl methyl sites for hydroxylation is 1. The minimum absolute atomic E-state index is 0. The summed E-state index contributed by atoms with van der Waals surface area (Å²) in [4.78, 5) is 0. The molecule has 0 bridgehead atoms. The number of aliphatic hydroxyl groups excluding tert-OH is 2. The number of ether oxygens (including phenoxy) is 3. The van der Waals surface area contributed by atoms with E-state index in [9.17, 15) is 0 Å². The van der Waals surface area contributed by atoms with Crippen LogP contribution in [0.4, 0.5) is 0 Å². The maximum Gasteiger partial charge on any atom is 0.171 e. The molecule has 0 aromatic carbocycles. The number of aliphatic hydroxyl groups is 2. The first-order valence-electron chi connectivity index (χ1n) is 9.23. The zero-order chi connectivity index (χ0) is 23.3. The van der Waals surface area contributed by atoms with Gasteiger partial charge in [-0.05, 0) is 12.3 Å². The third-order valence-electron chi connectivity index (χ3n) is 4.49. The Bertz CT molecular complexity index is 691. The van der Waals surface area contributed by atoms with Crippen molar-refractivity contribution in [3.8, 4) is 17.2 Å². The Hall–Kier alpha value is 0.640. The van der Waals surface area contributed by atoms with Crippen LogP contribution in [0, 0.1) is 17.8 Å². The molecular weight excluding hydrogens is 704 g/mol. The van der Waals surface area contributed by atoms with Crippen molar-refractivity contribution in [2.45, 2.75) is 6.92 Å². The molecule has 2 N–H and O–H groups in total. The molecule has 11 heteroatoms. The zero-order valence-electron chi connectivity index (χ0n) is 17.4. The molecule has 2 aromatic heterocycles. The lowest BCUT2D eigenvalue weighted by molar-refractivity contribution is 0.0952. The smallest absolute Gasteiger partial charge is 0.171 e. The predicted molar refractivity (Wildman–Crippen MR) is 145 cm³/mol. The standard InChI is InChI=1S/C9H10Br2O2S.C6H8OS.C5H10Br2O2/c10-3-9(4-11)5-12-7-1-14-2-8(7)13-6-9;1-5-3-8-4-6(5)7-2;6-1-5(2-7,3-8)4-9/h1-2H,3-6H2;3-4H,1-2H3;8-9H,1-4H2. The summed E-state index contributed by atoms with van der Waals surface area (Å²) in [7, 11) is 1.69. The molecule has 0 saturated carbocycles. The number of halogens is 4. The van der Waals surface area contributed by atoms with Gasteiger partial charge in [-0.2, -0.15) is 0 Å². The van der Waals surface area contributed by atoms with E-state index in [1.807, 2.05) is 23.1 Å². The molecule has 5 nitrogen and oxygen atoms in total. The molecular formula is C20H28Br4O5S2. The maximum atomic E-state index is 8.76. The Kier molecular flexibility index (Phi) is 14.9. The van der Waals surface area contributed by atoms with Crippen molar-refractivity contribution >= 4 is 86.4 Å². The second-order valence-corrected chi connectivity index (χ2v) is 10.9. The first-order valence-corrected chi connectivity index (χ1v) is 15.6. The Labute approximate surface area is 226 Å². The fourth-order valence-electron chi connectivity index (χ4n) is 1.99. The number of fused-ring (bicyclic) bond motifs is 1. The van der Waals surface area contributed by atoms with Crippen LogP contribution in [0.15, 0.2) is 21.5 Å². The van der Waals surface area contributed by atoms with Gasteiger partial charge >= 0.3 is 0 Å². The molecule has 178 valence electrons. The van der Waals surface area contributed by atoms with Crippen LogP contribution in [-0.4, -0.2) is 65.1 Å². The van der Waals surface area contributed by atoms with Crippen LogP contribution in [0.5, 0.6) is 17.2 Å². The van der Waals surface area contributed by atoms with Gasteiger partial charge in [0.1, 0.15) is 5.75 Å². The maximum absolute atomic E-state index is 8.76. The van der Waals surface area contributed by atoms with Crippen molar-refractivity contribution < 1.29 is 24.4 Å². The topological polar surface area (TPSA) is 68.2 Å². The lowest BCUT2D eigenvalue weighted by atomic mass is 9.96. The second-order valence-electron chi connectivity index (χ2n) is 7.15. The van der Waals surface area contributed by atoms with E-state index < -0.39 is 0 Å². The van der Waals surface area contributed by atoms with Gasteiger partial charge in [0, 0.05) is 48.4 Å². The summed E-state index contributed by atoms with van der Waals surface area (Å²) in [6, 6.07) is 0. The van der Waals surface area contributed by atoms with Crippen LogP contribution in [0.1, 0.15) is 5.56 Å². The fourth-order valence-corrected chi connectivity index (χ4v) is 6.68. The zero-order valence-corrected chi connectivity index (χ0v) is 25.4. The average Bonchev–Trinajstić information content (AvgIpc) is 3.41. The molecule has 1 aliphatic rings. The van der Waals surface area contributed by atoms with Crippen molar-refractivity contribution in [2.75, 3.05) is 54.9 Å². The molecule has 0 amide bonds. The summed E-state index contributed by atoms with van der Waals surface area (Å²) in [5.41, 5.74) is 0.869. The molecule has 31 heavy (non-hydrogen) atoms. The monoisotopic (exact) mass is 728 g/mol. The van der Waals surface area contributed by atoms with Crippen molar-refractivity contribution in [1.82, 2.24) is 0 Å². The van der Waals surface area contributed by atoms with E-state index in [4.69, 9.17) is 24.4 Å². The lowest BCUT2D eigenvalue weighted by Crippen LogP contribution is -2.36. The highest BCUT2D eigenvalue weighted by Gasteiger charge is 2.33. The molecule has 3 heterocycles. The van der Waals surface area contributed by atoms with E-state index in [0.29, 0.717) is 23.9 Å². The minimum atomic E-state index is -0.389. The van der Waals surface area contributed by atoms with Crippen LogP contribution >= 0.6 is 86.4 Å². The normalized spacial score (nSPS) is 14.5. The van der Waals surface area contributed by atoms with Crippen molar-refractivity contribution in [3.63, 3.8) is 0 Å². The van der Waals surface area contributed by atoms with E-state index >= 15 is 0 Å². The van der Waals surface area contributed by atoms with E-state index in [1.165, 1.54) is 5.56 Å². The molecule has 0 saturated heterocycles. The SMILES string of the molecule is BrCC1(CBr)COc2cscc2OC1.COc1cscc1C.OCC(CO)(CBr)CBr. The summed E-state index contributed by atoms with van der Waals surface area (Å²) in [6.45, 7) is 3.41. The first kappa shape index (κ1) is 29.7. The van der Waals surface area contributed by atoms with Crippen LogP contribution in [0.25, 0.3) is 0 Å². The van der Waals surface area contributed by atoms with E-state index in [-0.39, 0.29) is 24.0 Å². The van der Waals surface area contributed by atoms with E-state index in [2.05, 4.69) is 69.1 Å². The Morgan fingerprint density at radius 1 is 0.935 bits per heavy atom. The molecule has 0 radical (unpaired) electrons. The van der Waals surface area contributed by atoms with E-state index in [1.54, 1.807) is 29.8 Å². The number of thiophene rings is 2. The van der Waals surface area contributed by atoms with Gasteiger partial charge in [-0.1, -0.05) is 63.7 Å². The van der Waals surface area contributed by atoms with Crippen molar-refractivity contribution in [1.29, 1.82) is 0 Å². The van der Waals surface area contributed by atoms with E-state index in [0.717, 1.165) is 27.9 Å². The van der Waals surface area contributed by atoms with Gasteiger partial charge in [-0.25, -0.2) is 0 Å². The number of alkyl halides is 4. The molecule has 0 unspecified atom stereocenters. The number of hydrogen-bond donors (Lipinski definition) is 2. The molecule has 0 spiro atoms. The summed E-state index contributed by atoms with van der Waals surface area (Å²) >= 11 is 16.7. The van der Waals surface area contributed by atoms with Gasteiger partial charge in [0.05, 0.1) is 39.0 Å². The van der Waals surface area contributed by atoms with Gasteiger partial charge in [0.2, 0.25) is 0 Å². The molecule has 0 aliphatic carbocycles. The molecule has 3 rings (SSSR count). The molecule has 2 aromatic rings. The van der Waals surface area contributed by atoms with Crippen LogP contribution < -0.4 is 14.2 Å². The van der Waals surface area contributed by atoms with Crippen molar-refractivity contribution in [2.24, 2.45) is 10.8 Å². The average molecular weight is 732 g/mol. The van der Waals surface area contributed by atoms with Gasteiger partial charge in [0.15, 0.2) is 11.5 Å². The van der Waals surface area contributed by atoms with Gasteiger partial charge in [0.25, 0.3) is 0 Å². The highest BCUT2D eigenvalue weighted by molar-refractivity contribution is 9.10. The summed E-state index contributed by atoms with van der Waals surface area (Å²) in [6.07, 6.45) is 0. The molecule has 1 aliphatic heterocycles. The minimum Gasteiger partial charge on any atom is -0.496 e. The largest absolute Gasteiger partial charge is 0.496 e. The first-order chi connectivity index (χ1) is 14.9. The highest BCUT2D eigenvalue weighted by atomic mass is 79.9. The highest BCUT2D eigenvalue weighted by Crippen LogP contribution is 2.38. The molecule has 0 atom stereocenters. The Balaban J connectivity index is 0.000000247. The molecule has 0 fully saturated rings. The van der Waals surface area contributed by atoms with Crippen molar-refractivity contribution in [3.05, 3.63) is 27.1 Å². The lowest BCUT2D eigenvalue weighted by Gasteiger charge is -2.26. The number of hydrogen-bond acceptors (Lipinski definition) is 7. The second kappa shape index (κ2) is 15.5. The van der Waals surface area contributed by atoms with Gasteiger partial charge in [-0.15, -0.1) is 22.7 Å². The third kappa shape index (κ3) is 9.07. The fraction of sp³-hybridized carbons (Fsp3) is 0.600. The van der Waals surface area contributed by atoms with Gasteiger partial charge in [-0.3, -0.25) is 0 Å². The van der Waals surface area contributed by atoms with Crippen LogP contribution in [0.2, 0.25) is 0 Å².